The van der Waals surface area contributed by atoms with Gasteiger partial charge in [0.1, 0.15) is 0 Å². The van der Waals surface area contributed by atoms with Crippen molar-refractivity contribution >= 4 is 28.6 Å². The second-order valence-corrected chi connectivity index (χ2v) is 8.81. The van der Waals surface area contributed by atoms with Crippen molar-refractivity contribution < 1.29 is 9.21 Å². The molecule has 2 heterocycles. The van der Waals surface area contributed by atoms with Gasteiger partial charge in [-0.15, -0.1) is 10.2 Å². The molecule has 0 radical (unpaired) electrons. The minimum absolute atomic E-state index is 0.0143. The van der Waals surface area contributed by atoms with Gasteiger partial charge in [-0.3, -0.25) is 9.59 Å². The van der Waals surface area contributed by atoms with Crippen LogP contribution >= 0.6 is 11.8 Å². The van der Waals surface area contributed by atoms with Crippen LogP contribution in [-0.4, -0.2) is 37.9 Å². The van der Waals surface area contributed by atoms with Crippen LogP contribution in [0.1, 0.15) is 31.1 Å². The number of benzene rings is 2. The van der Waals surface area contributed by atoms with Gasteiger partial charge < -0.3 is 14.7 Å². The van der Waals surface area contributed by atoms with Gasteiger partial charge >= 0.3 is 0 Å². The normalized spacial score (nSPS) is 17.8. The smallest absolute Gasteiger partial charge is 0.259 e. The molecule has 2 N–H and O–H groups in total. The number of nitrogens with zero attached hydrogens (tertiary/aromatic N) is 3. The average molecular weight is 448 g/mol. The number of nitrogens with one attached hydrogen (secondary N) is 2. The van der Waals surface area contributed by atoms with Gasteiger partial charge in [-0.05, 0) is 37.1 Å². The van der Waals surface area contributed by atoms with E-state index in [1.165, 1.54) is 11.8 Å². The summed E-state index contributed by atoms with van der Waals surface area (Å²) in [5, 5.41) is 12.4. The number of para-hydroxylation sites is 1. The lowest BCUT2D eigenvalue weighted by Gasteiger charge is -2.33. The van der Waals surface area contributed by atoms with Gasteiger partial charge in [0.05, 0.1) is 10.9 Å². The summed E-state index contributed by atoms with van der Waals surface area (Å²) < 4.78 is 5.81. The summed E-state index contributed by atoms with van der Waals surface area (Å²) in [4.78, 5) is 31.6. The Morgan fingerprint density at radius 2 is 1.88 bits per heavy atom. The predicted molar refractivity (Wildman–Crippen MR) is 121 cm³/mol. The maximum absolute atomic E-state index is 12.3. The Kier molecular flexibility index (Phi) is 5.72. The lowest BCUT2D eigenvalue weighted by Crippen LogP contribution is -2.43. The largest absolute Gasteiger partial charge is 0.420 e. The Hall–Kier alpha value is -3.46. The van der Waals surface area contributed by atoms with Crippen LogP contribution in [0.25, 0.3) is 22.4 Å². The fraction of sp³-hybridized carbons (Fsp3) is 0.261. The zero-order valence-corrected chi connectivity index (χ0v) is 18.0. The molecule has 0 saturated heterocycles. The van der Waals surface area contributed by atoms with Crippen LogP contribution in [0.5, 0.6) is 0 Å². The maximum atomic E-state index is 12.3. The molecule has 0 aliphatic heterocycles. The molecule has 1 fully saturated rings. The Morgan fingerprint density at radius 3 is 2.72 bits per heavy atom. The number of amides is 1. The first-order valence-electron chi connectivity index (χ1n) is 10.5. The van der Waals surface area contributed by atoms with Crippen LogP contribution in [0.3, 0.4) is 0 Å². The van der Waals surface area contributed by atoms with E-state index in [4.69, 9.17) is 4.42 Å². The molecular weight excluding hydrogens is 426 g/mol. The monoisotopic (exact) mass is 447 g/mol. The number of H-pyrrole nitrogens is 1. The number of aromatic amines is 1. The molecule has 32 heavy (non-hydrogen) atoms. The van der Waals surface area contributed by atoms with E-state index in [-0.39, 0.29) is 23.4 Å². The predicted octanol–water partition coefficient (Wildman–Crippen LogP) is 3.52. The molecule has 4 aromatic rings. The number of carbonyl (C=O) groups excluding carboxylic acids is 1. The number of carbonyl (C=O) groups is 1. The first-order valence-corrected chi connectivity index (χ1v) is 11.4. The van der Waals surface area contributed by atoms with Gasteiger partial charge in [-0.2, -0.15) is 0 Å². The SMILES string of the molecule is O=C(CCSc1nc2ccccc2c(=O)[nH]1)NC1CC(c2nnc(-c3ccccc3)o2)C1. The molecule has 1 amide bonds. The quantitative estimate of drug-likeness (QED) is 0.329. The highest BCUT2D eigenvalue weighted by atomic mass is 32.2. The molecule has 1 aliphatic carbocycles. The first kappa shape index (κ1) is 20.4. The highest BCUT2D eigenvalue weighted by Crippen LogP contribution is 2.37. The number of rotatable bonds is 7. The molecule has 0 bridgehead atoms. The van der Waals surface area contributed by atoms with Crippen molar-refractivity contribution in [3.63, 3.8) is 0 Å². The van der Waals surface area contributed by atoms with E-state index >= 15 is 0 Å². The van der Waals surface area contributed by atoms with Crippen molar-refractivity contribution in [3.8, 4) is 11.5 Å². The van der Waals surface area contributed by atoms with Gasteiger partial charge in [-0.1, -0.05) is 42.1 Å². The Balaban J connectivity index is 1.08. The van der Waals surface area contributed by atoms with Crippen molar-refractivity contribution in [2.24, 2.45) is 0 Å². The van der Waals surface area contributed by atoms with Crippen molar-refractivity contribution in [1.82, 2.24) is 25.5 Å². The lowest BCUT2D eigenvalue weighted by molar-refractivity contribution is -0.122. The van der Waals surface area contributed by atoms with E-state index in [0.717, 1.165) is 18.4 Å². The van der Waals surface area contributed by atoms with Crippen LogP contribution in [0.15, 0.2) is 69.0 Å². The minimum atomic E-state index is -0.167. The number of fused-ring (bicyclic) bond motifs is 1. The molecule has 162 valence electrons. The fourth-order valence-corrected chi connectivity index (χ4v) is 4.52. The van der Waals surface area contributed by atoms with E-state index in [2.05, 4.69) is 25.5 Å². The Bertz CT molecular complexity index is 1300. The molecule has 5 rings (SSSR count). The third-order valence-electron chi connectivity index (χ3n) is 5.47. The zero-order chi connectivity index (χ0) is 21.9. The summed E-state index contributed by atoms with van der Waals surface area (Å²) in [6, 6.07) is 17.0. The molecule has 1 aliphatic rings. The zero-order valence-electron chi connectivity index (χ0n) is 17.2. The van der Waals surface area contributed by atoms with E-state index < -0.39 is 0 Å². The summed E-state index contributed by atoms with van der Waals surface area (Å²) in [5.74, 6) is 1.83. The number of aromatic nitrogens is 4. The number of thioether (sulfide) groups is 1. The molecular formula is C23H21N5O3S. The second kappa shape index (κ2) is 8.96. The van der Waals surface area contributed by atoms with Crippen molar-refractivity contribution in [2.45, 2.75) is 36.4 Å². The summed E-state index contributed by atoms with van der Waals surface area (Å²) in [7, 11) is 0. The first-order chi connectivity index (χ1) is 15.7. The molecule has 0 unspecified atom stereocenters. The molecule has 0 atom stereocenters. The molecule has 2 aromatic carbocycles. The van der Waals surface area contributed by atoms with Gasteiger partial charge in [0.25, 0.3) is 5.56 Å². The summed E-state index contributed by atoms with van der Waals surface area (Å²) in [5.41, 5.74) is 1.38. The topological polar surface area (TPSA) is 114 Å². The third kappa shape index (κ3) is 4.43. The molecule has 8 nitrogen and oxygen atoms in total. The van der Waals surface area contributed by atoms with Crippen LogP contribution in [0.2, 0.25) is 0 Å². The minimum Gasteiger partial charge on any atom is -0.420 e. The van der Waals surface area contributed by atoms with Crippen molar-refractivity contribution in [3.05, 3.63) is 70.8 Å². The van der Waals surface area contributed by atoms with E-state index in [9.17, 15) is 9.59 Å². The average Bonchev–Trinajstić information content (AvgIpc) is 3.26. The van der Waals surface area contributed by atoms with Crippen LogP contribution in [0, 0.1) is 0 Å². The van der Waals surface area contributed by atoms with Crippen LogP contribution in [0.4, 0.5) is 0 Å². The third-order valence-corrected chi connectivity index (χ3v) is 6.35. The standard InChI is InChI=1S/C23H21N5O3S/c29-19(10-11-32-23-25-18-9-5-4-8-17(18)20(30)26-23)24-16-12-15(13-16)22-28-27-21(31-22)14-6-2-1-3-7-14/h1-9,15-16H,10-13H2,(H,24,29)(H,25,26,30). The van der Waals surface area contributed by atoms with Gasteiger partial charge in [-0.25, -0.2) is 4.98 Å². The Labute approximate surface area is 187 Å². The Morgan fingerprint density at radius 1 is 1.09 bits per heavy atom. The fourth-order valence-electron chi connectivity index (χ4n) is 3.71. The highest BCUT2D eigenvalue weighted by Gasteiger charge is 2.35. The summed E-state index contributed by atoms with van der Waals surface area (Å²) in [6.07, 6.45) is 1.92. The highest BCUT2D eigenvalue weighted by molar-refractivity contribution is 7.99. The van der Waals surface area contributed by atoms with Crippen LogP contribution in [-0.2, 0) is 4.79 Å². The number of hydrogen-bond donors (Lipinski definition) is 2. The van der Waals surface area contributed by atoms with E-state index in [1.54, 1.807) is 12.1 Å². The van der Waals surface area contributed by atoms with Crippen molar-refractivity contribution in [1.29, 1.82) is 0 Å². The summed E-state index contributed by atoms with van der Waals surface area (Å²) >= 11 is 1.37. The van der Waals surface area contributed by atoms with Crippen LogP contribution < -0.4 is 10.9 Å². The molecule has 1 saturated carbocycles. The lowest BCUT2D eigenvalue weighted by atomic mass is 9.80. The molecule has 9 heteroatoms. The van der Waals surface area contributed by atoms with E-state index in [0.29, 0.717) is 40.0 Å². The van der Waals surface area contributed by atoms with Crippen molar-refractivity contribution in [2.75, 3.05) is 5.75 Å². The summed E-state index contributed by atoms with van der Waals surface area (Å²) in [6.45, 7) is 0. The number of hydrogen-bond acceptors (Lipinski definition) is 7. The molecule has 2 aromatic heterocycles. The van der Waals surface area contributed by atoms with Gasteiger partial charge in [0.15, 0.2) is 5.16 Å². The second-order valence-electron chi connectivity index (χ2n) is 7.73. The van der Waals surface area contributed by atoms with Gasteiger partial charge in [0.2, 0.25) is 17.7 Å². The van der Waals surface area contributed by atoms with Gasteiger partial charge in [0, 0.05) is 29.7 Å². The van der Waals surface area contributed by atoms with E-state index in [1.807, 2.05) is 42.5 Å². The maximum Gasteiger partial charge on any atom is 0.259 e. The molecule has 0 spiro atoms.